The summed E-state index contributed by atoms with van der Waals surface area (Å²) in [5.74, 6) is 0.625. The number of benzene rings is 1. The number of allylic oxidation sites excluding steroid dienone is 2. The van der Waals surface area contributed by atoms with Gasteiger partial charge in [0.2, 0.25) is 6.41 Å². The summed E-state index contributed by atoms with van der Waals surface area (Å²) in [4.78, 5) is 15.7. The first-order valence-corrected chi connectivity index (χ1v) is 12.2. The first kappa shape index (κ1) is 25.3. The van der Waals surface area contributed by atoms with Crippen LogP contribution in [-0.4, -0.2) is 48.2 Å². The number of piperazine rings is 1. The molecule has 0 aromatic heterocycles. The molecule has 3 rings (SSSR count). The molecule has 0 bridgehead atoms. The molecular formula is C25H37FN3OP. The van der Waals surface area contributed by atoms with Crippen LogP contribution in [0.3, 0.4) is 0 Å². The van der Waals surface area contributed by atoms with Crippen LogP contribution in [0.15, 0.2) is 48.3 Å². The Morgan fingerprint density at radius 2 is 1.97 bits per heavy atom. The molecule has 0 saturated carbocycles. The number of amides is 1. The van der Waals surface area contributed by atoms with Crippen LogP contribution >= 0.6 is 8.58 Å². The van der Waals surface area contributed by atoms with E-state index < -0.39 is 0 Å². The number of hydrogen-bond donors (Lipinski definition) is 1. The van der Waals surface area contributed by atoms with Crippen LogP contribution in [0.2, 0.25) is 0 Å². The normalized spacial score (nSPS) is 19.5. The number of aryl methyl sites for hydroxylation is 1. The quantitative estimate of drug-likeness (QED) is 0.475. The summed E-state index contributed by atoms with van der Waals surface area (Å²) in [6.45, 7) is 14.3. The van der Waals surface area contributed by atoms with Crippen molar-refractivity contribution in [3.05, 3.63) is 65.3 Å². The molecule has 1 aromatic carbocycles. The molecule has 4 nitrogen and oxygen atoms in total. The summed E-state index contributed by atoms with van der Waals surface area (Å²) in [5, 5.41) is 4.40. The zero-order chi connectivity index (χ0) is 22.8. The van der Waals surface area contributed by atoms with Gasteiger partial charge in [-0.25, -0.2) is 4.39 Å². The Morgan fingerprint density at radius 3 is 2.52 bits per heavy atom. The molecular weight excluding hydrogens is 408 g/mol. The average molecular weight is 446 g/mol. The van der Waals surface area contributed by atoms with E-state index in [4.69, 9.17) is 0 Å². The van der Waals surface area contributed by atoms with Gasteiger partial charge >= 0.3 is 0 Å². The average Bonchev–Trinajstić information content (AvgIpc) is 2.77. The topological polar surface area (TPSA) is 35.6 Å². The van der Waals surface area contributed by atoms with Gasteiger partial charge in [0.15, 0.2) is 0 Å². The zero-order valence-corrected chi connectivity index (χ0v) is 20.5. The number of halogens is 1. The Bertz CT molecular complexity index is 793. The van der Waals surface area contributed by atoms with Gasteiger partial charge in [-0.3, -0.25) is 4.79 Å². The smallest absolute Gasteiger partial charge is 0.214 e. The number of carbonyl (C=O) groups is 1. The molecule has 1 fully saturated rings. The van der Waals surface area contributed by atoms with Crippen molar-refractivity contribution >= 4 is 20.3 Å². The van der Waals surface area contributed by atoms with Gasteiger partial charge in [0.05, 0.1) is 11.5 Å². The van der Waals surface area contributed by atoms with Gasteiger partial charge in [-0.05, 0) is 54.4 Å². The molecule has 6 heteroatoms. The fourth-order valence-electron chi connectivity index (χ4n) is 3.28. The van der Waals surface area contributed by atoms with Crippen LogP contribution in [0.4, 0.5) is 4.39 Å². The molecule has 2 aliphatic rings. The van der Waals surface area contributed by atoms with Gasteiger partial charge in [-0.2, -0.15) is 0 Å². The maximum absolute atomic E-state index is 13.8. The van der Waals surface area contributed by atoms with E-state index in [9.17, 15) is 9.18 Å². The van der Waals surface area contributed by atoms with Crippen molar-refractivity contribution in [2.75, 3.05) is 26.2 Å². The second-order valence-corrected chi connectivity index (χ2v) is 9.73. The van der Waals surface area contributed by atoms with E-state index in [1.54, 1.807) is 11.0 Å². The highest BCUT2D eigenvalue weighted by Gasteiger charge is 2.22. The largest absolute Gasteiger partial charge is 0.368 e. The number of rotatable bonds is 6. The minimum absolute atomic E-state index is 0.0334. The Hall–Kier alpha value is -1.97. The highest BCUT2D eigenvalue weighted by Crippen LogP contribution is 2.41. The lowest BCUT2D eigenvalue weighted by molar-refractivity contribution is -0.116. The van der Waals surface area contributed by atoms with Gasteiger partial charge < -0.3 is 15.1 Å². The third-order valence-electron chi connectivity index (χ3n) is 5.42. The maximum Gasteiger partial charge on any atom is 0.214 e. The molecule has 1 saturated heterocycles. The van der Waals surface area contributed by atoms with Crippen LogP contribution in [0.1, 0.15) is 45.2 Å². The Kier molecular flexibility index (Phi) is 10.4. The van der Waals surface area contributed by atoms with Crippen LogP contribution in [0.25, 0.3) is 5.31 Å². The Labute approximate surface area is 189 Å². The molecule has 0 aliphatic carbocycles. The van der Waals surface area contributed by atoms with Gasteiger partial charge in [-0.1, -0.05) is 54.0 Å². The van der Waals surface area contributed by atoms with Crippen molar-refractivity contribution in [1.82, 2.24) is 15.1 Å². The second-order valence-electron chi connectivity index (χ2n) is 8.31. The molecule has 1 N–H and O–H groups in total. The predicted octanol–water partition coefficient (Wildman–Crippen LogP) is 5.33. The summed E-state index contributed by atoms with van der Waals surface area (Å²) < 4.78 is 13.8. The number of nitrogens with one attached hydrogen (secondary N) is 1. The van der Waals surface area contributed by atoms with E-state index in [0.29, 0.717) is 8.58 Å². The Morgan fingerprint density at radius 1 is 1.29 bits per heavy atom. The highest BCUT2D eigenvalue weighted by atomic mass is 31.1. The fourth-order valence-corrected chi connectivity index (χ4v) is 4.55. The fraction of sp³-hybridized carbons (Fsp3) is 0.480. The number of carbonyl (C=O) groups excluding carboxylic acids is 1. The molecule has 2 unspecified atom stereocenters. The van der Waals surface area contributed by atoms with Crippen molar-refractivity contribution in [2.24, 2.45) is 5.92 Å². The van der Waals surface area contributed by atoms with Crippen molar-refractivity contribution < 1.29 is 9.18 Å². The molecule has 2 heterocycles. The first-order valence-electron chi connectivity index (χ1n) is 11.2. The lowest BCUT2D eigenvalue weighted by Gasteiger charge is -2.35. The van der Waals surface area contributed by atoms with Gasteiger partial charge in [0, 0.05) is 32.4 Å². The third kappa shape index (κ3) is 7.90. The van der Waals surface area contributed by atoms with Crippen LogP contribution < -0.4 is 5.32 Å². The minimum atomic E-state index is -0.225. The lowest BCUT2D eigenvalue weighted by Crippen LogP contribution is -2.43. The summed E-state index contributed by atoms with van der Waals surface area (Å²) in [6.07, 6.45) is 10.3. The lowest BCUT2D eigenvalue weighted by atomic mass is 10.1. The summed E-state index contributed by atoms with van der Waals surface area (Å²) in [7, 11) is 0.356. The Balaban J connectivity index is 0.000000614. The SMILES string of the molecule is C/C=C(\PC1C=CC(N2CCNCC2)=CN1C=O)c1cc(C)cc(F)c1.CCC(C)C. The molecule has 1 aromatic rings. The predicted molar refractivity (Wildman–Crippen MR) is 132 cm³/mol. The molecule has 1 amide bonds. The zero-order valence-electron chi connectivity index (χ0n) is 19.5. The maximum atomic E-state index is 13.8. The standard InChI is InChI=1S/C20H25FN3OP.C5H12/c1-3-19(16-10-15(2)11-17(21)12-16)26-20-5-4-18(13-24(20)14-25)23-8-6-22-7-9-23;1-4-5(2)3/h3-5,10-14,20,22,26H,6-9H2,1-2H3;5H,4H2,1-3H3/b19-3-;. The third-order valence-corrected chi connectivity index (χ3v) is 7.09. The van der Waals surface area contributed by atoms with E-state index in [2.05, 4.69) is 43.1 Å². The number of nitrogens with zero attached hydrogens (tertiary/aromatic N) is 2. The van der Waals surface area contributed by atoms with Crippen molar-refractivity contribution in [3.63, 3.8) is 0 Å². The van der Waals surface area contributed by atoms with Crippen molar-refractivity contribution in [2.45, 2.75) is 46.8 Å². The summed E-state index contributed by atoms with van der Waals surface area (Å²) >= 11 is 0. The van der Waals surface area contributed by atoms with Gasteiger partial charge in [0.1, 0.15) is 5.82 Å². The van der Waals surface area contributed by atoms with Crippen molar-refractivity contribution in [3.8, 4) is 0 Å². The minimum Gasteiger partial charge on any atom is -0.368 e. The van der Waals surface area contributed by atoms with E-state index in [1.807, 2.05) is 32.2 Å². The molecule has 0 spiro atoms. The monoisotopic (exact) mass is 445 g/mol. The number of hydrogen-bond acceptors (Lipinski definition) is 3. The molecule has 31 heavy (non-hydrogen) atoms. The summed E-state index contributed by atoms with van der Waals surface area (Å²) in [6, 6.07) is 5.08. The molecule has 2 aliphatic heterocycles. The van der Waals surface area contributed by atoms with Crippen LogP contribution in [0, 0.1) is 18.7 Å². The van der Waals surface area contributed by atoms with Crippen molar-refractivity contribution in [1.29, 1.82) is 0 Å². The van der Waals surface area contributed by atoms with E-state index in [-0.39, 0.29) is 11.6 Å². The second kappa shape index (κ2) is 12.8. The highest BCUT2D eigenvalue weighted by molar-refractivity contribution is 7.51. The molecule has 2 atom stereocenters. The van der Waals surface area contributed by atoms with E-state index in [0.717, 1.165) is 60.6 Å². The van der Waals surface area contributed by atoms with Gasteiger partial charge in [0.25, 0.3) is 0 Å². The first-order chi connectivity index (χ1) is 14.9. The summed E-state index contributed by atoms with van der Waals surface area (Å²) in [5.41, 5.74) is 2.86. The molecule has 170 valence electrons. The van der Waals surface area contributed by atoms with E-state index >= 15 is 0 Å². The van der Waals surface area contributed by atoms with Crippen LogP contribution in [-0.2, 0) is 4.79 Å². The van der Waals surface area contributed by atoms with Crippen LogP contribution in [0.5, 0.6) is 0 Å². The van der Waals surface area contributed by atoms with E-state index in [1.165, 1.54) is 12.5 Å². The van der Waals surface area contributed by atoms with Gasteiger partial charge in [-0.15, -0.1) is 0 Å². The molecule has 0 radical (unpaired) electrons.